The molecule has 0 aromatic carbocycles. The zero-order valence-electron chi connectivity index (χ0n) is 8.31. The lowest BCUT2D eigenvalue weighted by atomic mass is 9.95. The van der Waals surface area contributed by atoms with Crippen molar-refractivity contribution in [2.75, 3.05) is 6.54 Å². The minimum Gasteiger partial charge on any atom is -0.306 e. The summed E-state index contributed by atoms with van der Waals surface area (Å²) in [6, 6.07) is 0. The van der Waals surface area contributed by atoms with Crippen LogP contribution in [0.1, 0.15) is 33.6 Å². The predicted octanol–water partition coefficient (Wildman–Crippen LogP) is 1.91. The molecule has 0 aliphatic carbocycles. The normalized spacial score (nSPS) is 11.2. The molecule has 0 saturated heterocycles. The van der Waals surface area contributed by atoms with E-state index in [9.17, 15) is 4.79 Å². The molecule has 0 aromatic heterocycles. The monoisotopic (exact) mass is 169 g/mol. The van der Waals surface area contributed by atoms with Gasteiger partial charge in [-0.15, -0.1) is 6.58 Å². The molecule has 0 spiro atoms. The Morgan fingerprint density at radius 1 is 1.58 bits per heavy atom. The van der Waals surface area contributed by atoms with Gasteiger partial charge in [0.25, 0.3) is 0 Å². The van der Waals surface area contributed by atoms with Gasteiger partial charge in [-0.3, -0.25) is 4.79 Å². The van der Waals surface area contributed by atoms with E-state index >= 15 is 0 Å². The molecule has 0 unspecified atom stereocenters. The highest BCUT2D eigenvalue weighted by Crippen LogP contribution is 2.08. The number of hydrogen-bond acceptors (Lipinski definition) is 2. The van der Waals surface area contributed by atoms with E-state index in [2.05, 4.69) is 11.9 Å². The average molecular weight is 169 g/mol. The van der Waals surface area contributed by atoms with Crippen molar-refractivity contribution >= 4 is 5.78 Å². The number of rotatable bonds is 6. The minimum absolute atomic E-state index is 0.254. The van der Waals surface area contributed by atoms with Crippen LogP contribution < -0.4 is 5.32 Å². The summed E-state index contributed by atoms with van der Waals surface area (Å²) in [7, 11) is 0. The zero-order valence-corrected chi connectivity index (χ0v) is 8.31. The van der Waals surface area contributed by atoms with Crippen LogP contribution in [0.15, 0.2) is 12.7 Å². The smallest absolute Gasteiger partial charge is 0.152 e. The molecule has 2 heteroatoms. The van der Waals surface area contributed by atoms with Gasteiger partial charge < -0.3 is 5.32 Å². The van der Waals surface area contributed by atoms with Gasteiger partial charge in [0.2, 0.25) is 0 Å². The second kappa shape index (κ2) is 5.09. The molecule has 0 aliphatic heterocycles. The Morgan fingerprint density at radius 2 is 2.17 bits per heavy atom. The van der Waals surface area contributed by atoms with Gasteiger partial charge in [-0.25, -0.2) is 0 Å². The van der Waals surface area contributed by atoms with E-state index in [1.165, 1.54) is 0 Å². The van der Waals surface area contributed by atoms with Gasteiger partial charge >= 0.3 is 0 Å². The highest BCUT2D eigenvalue weighted by molar-refractivity contribution is 5.87. The maximum absolute atomic E-state index is 11.5. The van der Waals surface area contributed by atoms with Crippen LogP contribution in [0.25, 0.3) is 0 Å². The minimum atomic E-state index is -0.377. The third-order valence-corrected chi connectivity index (χ3v) is 1.89. The summed E-state index contributed by atoms with van der Waals surface area (Å²) < 4.78 is 0. The van der Waals surface area contributed by atoms with Gasteiger partial charge in [0.05, 0.1) is 5.54 Å². The predicted molar refractivity (Wildman–Crippen MR) is 52.2 cm³/mol. The first-order valence-electron chi connectivity index (χ1n) is 4.43. The fourth-order valence-corrected chi connectivity index (χ4v) is 1.09. The Morgan fingerprint density at radius 3 is 2.58 bits per heavy atom. The molecule has 1 N–H and O–H groups in total. The Balaban J connectivity index is 3.96. The summed E-state index contributed by atoms with van der Waals surface area (Å²) in [4.78, 5) is 11.5. The van der Waals surface area contributed by atoms with E-state index in [4.69, 9.17) is 0 Å². The number of carbonyl (C=O) groups excluding carboxylic acids is 1. The third-order valence-electron chi connectivity index (χ3n) is 1.89. The molecule has 12 heavy (non-hydrogen) atoms. The average Bonchev–Trinajstić information content (AvgIpc) is 2.00. The Bertz CT molecular complexity index is 161. The van der Waals surface area contributed by atoms with Gasteiger partial charge in [-0.1, -0.05) is 13.0 Å². The summed E-state index contributed by atoms with van der Waals surface area (Å²) in [5, 5.41) is 3.15. The number of allylic oxidation sites excluding steroid dienone is 1. The SMILES string of the molecule is C=CCCC(=O)C(C)(C)NCC. The summed E-state index contributed by atoms with van der Waals surface area (Å²) in [6.07, 6.45) is 3.14. The third kappa shape index (κ3) is 3.67. The maximum atomic E-state index is 11.5. The summed E-state index contributed by atoms with van der Waals surface area (Å²) >= 11 is 0. The highest BCUT2D eigenvalue weighted by Gasteiger charge is 2.24. The maximum Gasteiger partial charge on any atom is 0.152 e. The van der Waals surface area contributed by atoms with Crippen molar-refractivity contribution in [3.8, 4) is 0 Å². The van der Waals surface area contributed by atoms with Crippen molar-refractivity contribution in [1.82, 2.24) is 5.32 Å². The van der Waals surface area contributed by atoms with Crippen LogP contribution in [0.5, 0.6) is 0 Å². The molecular formula is C10H19NO. The second-order valence-electron chi connectivity index (χ2n) is 3.41. The summed E-state index contributed by atoms with van der Waals surface area (Å²) in [6.45, 7) is 10.3. The highest BCUT2D eigenvalue weighted by atomic mass is 16.1. The Labute approximate surface area is 75.0 Å². The van der Waals surface area contributed by atoms with Gasteiger partial charge in [0.15, 0.2) is 5.78 Å². The van der Waals surface area contributed by atoms with E-state index in [-0.39, 0.29) is 11.3 Å². The van der Waals surface area contributed by atoms with E-state index in [1.54, 1.807) is 6.08 Å². The van der Waals surface area contributed by atoms with Crippen molar-refractivity contribution in [3.05, 3.63) is 12.7 Å². The second-order valence-corrected chi connectivity index (χ2v) is 3.41. The fraction of sp³-hybridized carbons (Fsp3) is 0.700. The van der Waals surface area contributed by atoms with Crippen LogP contribution in [0, 0.1) is 0 Å². The number of nitrogens with one attached hydrogen (secondary N) is 1. The van der Waals surface area contributed by atoms with E-state index < -0.39 is 0 Å². The Hall–Kier alpha value is -0.630. The zero-order chi connectivity index (χ0) is 9.61. The van der Waals surface area contributed by atoms with Gasteiger partial charge in [0.1, 0.15) is 0 Å². The number of Topliss-reactive ketones (excluding diaryl/α,β-unsaturated/α-hetero) is 1. The lowest BCUT2D eigenvalue weighted by Crippen LogP contribution is -2.46. The van der Waals surface area contributed by atoms with Crippen molar-refractivity contribution in [1.29, 1.82) is 0 Å². The van der Waals surface area contributed by atoms with Crippen LogP contribution in [-0.2, 0) is 4.79 Å². The largest absolute Gasteiger partial charge is 0.306 e. The number of likely N-dealkylation sites (N-methyl/N-ethyl adjacent to an activating group) is 1. The summed E-state index contributed by atoms with van der Waals surface area (Å²) in [5.41, 5.74) is -0.377. The van der Waals surface area contributed by atoms with Crippen LogP contribution in [0.3, 0.4) is 0 Å². The van der Waals surface area contributed by atoms with E-state index in [1.807, 2.05) is 20.8 Å². The first-order valence-corrected chi connectivity index (χ1v) is 4.43. The number of carbonyl (C=O) groups is 1. The first kappa shape index (κ1) is 11.4. The lowest BCUT2D eigenvalue weighted by Gasteiger charge is -2.23. The van der Waals surface area contributed by atoms with Gasteiger partial charge in [-0.05, 0) is 26.8 Å². The Kier molecular flexibility index (Phi) is 4.83. The van der Waals surface area contributed by atoms with Crippen molar-refractivity contribution in [3.63, 3.8) is 0 Å². The molecule has 2 nitrogen and oxygen atoms in total. The van der Waals surface area contributed by atoms with Crippen molar-refractivity contribution in [2.24, 2.45) is 0 Å². The quantitative estimate of drug-likeness (QED) is 0.615. The number of hydrogen-bond donors (Lipinski definition) is 1. The van der Waals surface area contributed by atoms with Crippen LogP contribution in [0.2, 0.25) is 0 Å². The van der Waals surface area contributed by atoms with Crippen LogP contribution in [-0.4, -0.2) is 17.9 Å². The van der Waals surface area contributed by atoms with Crippen LogP contribution >= 0.6 is 0 Å². The molecule has 0 radical (unpaired) electrons. The van der Waals surface area contributed by atoms with Gasteiger partial charge in [0, 0.05) is 6.42 Å². The fourth-order valence-electron chi connectivity index (χ4n) is 1.09. The number of ketones is 1. The van der Waals surface area contributed by atoms with E-state index in [0.717, 1.165) is 13.0 Å². The first-order chi connectivity index (χ1) is 5.54. The lowest BCUT2D eigenvalue weighted by molar-refractivity contribution is -0.124. The molecule has 0 bridgehead atoms. The molecule has 0 aromatic rings. The summed E-state index contributed by atoms with van der Waals surface area (Å²) in [5.74, 6) is 0.254. The standard InChI is InChI=1S/C10H19NO/c1-5-7-8-9(12)10(3,4)11-6-2/h5,11H,1,6-8H2,2-4H3. The molecule has 0 aliphatic rings. The van der Waals surface area contributed by atoms with Crippen LogP contribution in [0.4, 0.5) is 0 Å². The molecule has 0 heterocycles. The molecule has 0 saturated carbocycles. The van der Waals surface area contributed by atoms with Crippen molar-refractivity contribution < 1.29 is 4.79 Å². The van der Waals surface area contributed by atoms with Gasteiger partial charge in [-0.2, -0.15) is 0 Å². The van der Waals surface area contributed by atoms with Crippen molar-refractivity contribution in [2.45, 2.75) is 39.2 Å². The molecule has 70 valence electrons. The topological polar surface area (TPSA) is 29.1 Å². The molecular weight excluding hydrogens is 150 g/mol. The molecule has 0 rings (SSSR count). The molecule has 0 amide bonds. The molecule has 0 fully saturated rings. The van der Waals surface area contributed by atoms with E-state index in [0.29, 0.717) is 6.42 Å². The molecule has 0 atom stereocenters.